The Morgan fingerprint density at radius 1 is 0.782 bits per heavy atom. The van der Waals surface area contributed by atoms with E-state index in [1.807, 2.05) is 0 Å². The number of carbonyl (C=O) groups is 9. The first-order valence-electron chi connectivity index (χ1n) is 17.5. The lowest BCUT2D eigenvalue weighted by atomic mass is 9.99. The summed E-state index contributed by atoms with van der Waals surface area (Å²) >= 11 is 0. The van der Waals surface area contributed by atoms with Crippen LogP contribution in [0.15, 0.2) is 30.3 Å². The predicted molar refractivity (Wildman–Crippen MR) is 190 cm³/mol. The van der Waals surface area contributed by atoms with E-state index in [0.717, 1.165) is 4.90 Å². The number of carbonyl (C=O) groups excluding carboxylic acids is 7. The molecule has 0 saturated carbocycles. The van der Waals surface area contributed by atoms with Crippen LogP contribution in [-0.2, 0) is 49.6 Å². The van der Waals surface area contributed by atoms with Gasteiger partial charge in [0.1, 0.15) is 42.3 Å². The minimum absolute atomic E-state index is 0.0375. The molecule has 55 heavy (non-hydrogen) atoms. The lowest BCUT2D eigenvalue weighted by Crippen LogP contribution is -2.61. The fraction of sp³-hybridized carbons (Fsp3) is 0.559. The van der Waals surface area contributed by atoms with Crippen LogP contribution in [0, 0.1) is 5.92 Å². The van der Waals surface area contributed by atoms with Crippen molar-refractivity contribution >= 4 is 53.3 Å². The second-order valence-corrected chi connectivity index (χ2v) is 13.1. The van der Waals surface area contributed by atoms with Crippen LogP contribution in [0.3, 0.4) is 0 Å². The zero-order valence-electron chi connectivity index (χ0n) is 30.4. The van der Waals surface area contributed by atoms with Gasteiger partial charge in [0.2, 0.25) is 41.4 Å². The second kappa shape index (κ2) is 21.9. The van der Waals surface area contributed by atoms with Crippen LogP contribution < -0.4 is 38.1 Å². The molecule has 1 aromatic rings. The fourth-order valence-corrected chi connectivity index (χ4v) is 5.65. The van der Waals surface area contributed by atoms with Crippen molar-refractivity contribution in [3.05, 3.63) is 35.9 Å². The Hall–Kier alpha value is -5.67. The molecule has 1 aliphatic rings. The molecule has 304 valence electrons. The molecule has 0 unspecified atom stereocenters. The summed E-state index contributed by atoms with van der Waals surface area (Å²) in [6, 6.07) is -2.39. The first-order valence-corrected chi connectivity index (χ1v) is 17.5. The van der Waals surface area contributed by atoms with Crippen LogP contribution >= 0.6 is 0 Å². The van der Waals surface area contributed by atoms with Gasteiger partial charge in [-0.25, -0.2) is 4.79 Å². The van der Waals surface area contributed by atoms with Crippen LogP contribution in [-0.4, -0.2) is 141 Å². The molecule has 0 aliphatic carbocycles. The molecule has 0 aromatic heterocycles. The molecule has 21 nitrogen and oxygen atoms in total. The van der Waals surface area contributed by atoms with E-state index in [-0.39, 0.29) is 25.8 Å². The molecule has 1 heterocycles. The number of rotatable bonds is 22. The molecule has 1 aromatic carbocycles. The average Bonchev–Trinajstić information content (AvgIpc) is 3.64. The number of aliphatic carboxylic acids is 2. The summed E-state index contributed by atoms with van der Waals surface area (Å²) in [6.07, 6.45) is -1.17. The number of amides is 7. The fourth-order valence-electron chi connectivity index (χ4n) is 5.65. The maximum Gasteiger partial charge on any atom is 0.326 e. The number of nitrogens with two attached hydrogens (primary N) is 2. The number of nitrogens with one attached hydrogen (secondary N) is 5. The number of likely N-dealkylation sites (tertiary alicyclic amines) is 1. The number of hydrogen-bond acceptors (Lipinski definition) is 12. The highest BCUT2D eigenvalue weighted by Gasteiger charge is 2.40. The molecule has 21 heteroatoms. The molecule has 0 radical (unpaired) electrons. The lowest BCUT2D eigenvalue weighted by Gasteiger charge is -2.30. The number of hydrogen-bond donors (Lipinski definition) is 11. The van der Waals surface area contributed by atoms with Crippen molar-refractivity contribution in [2.45, 2.75) is 94.7 Å². The van der Waals surface area contributed by atoms with Crippen molar-refractivity contribution in [3.63, 3.8) is 0 Å². The van der Waals surface area contributed by atoms with Gasteiger partial charge < -0.3 is 63.4 Å². The highest BCUT2D eigenvalue weighted by atomic mass is 16.4. The van der Waals surface area contributed by atoms with E-state index in [4.69, 9.17) is 11.5 Å². The van der Waals surface area contributed by atoms with Gasteiger partial charge in [0.15, 0.2) is 0 Å². The third kappa shape index (κ3) is 13.9. The highest BCUT2D eigenvalue weighted by molar-refractivity contribution is 5.99. The van der Waals surface area contributed by atoms with Crippen LogP contribution in [0.2, 0.25) is 0 Å². The van der Waals surface area contributed by atoms with Gasteiger partial charge in [0, 0.05) is 13.0 Å². The highest BCUT2D eigenvalue weighted by Crippen LogP contribution is 2.20. The number of nitrogens with zero attached hydrogens (tertiary/aromatic N) is 1. The Morgan fingerprint density at radius 2 is 1.36 bits per heavy atom. The SMILES string of the molecule is CC[C@H](C)[C@H](NC(=O)[C@H](CO)NC(=O)[C@H](Cc1ccccc1)NC(=O)[C@H](CC(N)=O)NC(=O)[C@@H]1CCCN1C(=O)[C@H](CC(=O)O)NC(=O)[C@@H](N)CO)C(=O)O. The van der Waals surface area contributed by atoms with E-state index in [2.05, 4.69) is 26.6 Å². The Morgan fingerprint density at radius 3 is 1.91 bits per heavy atom. The van der Waals surface area contributed by atoms with E-state index in [9.17, 15) is 63.6 Å². The number of primary amides is 1. The summed E-state index contributed by atoms with van der Waals surface area (Å²) in [7, 11) is 0. The van der Waals surface area contributed by atoms with E-state index < -0.39 is 128 Å². The summed E-state index contributed by atoms with van der Waals surface area (Å²) < 4.78 is 0. The first kappa shape index (κ1) is 45.5. The first-order chi connectivity index (χ1) is 25.9. The number of benzene rings is 1. The van der Waals surface area contributed by atoms with Crippen LogP contribution in [0.25, 0.3) is 0 Å². The zero-order valence-corrected chi connectivity index (χ0v) is 30.4. The topological polar surface area (TPSA) is 350 Å². The third-order valence-electron chi connectivity index (χ3n) is 8.91. The third-order valence-corrected chi connectivity index (χ3v) is 8.91. The summed E-state index contributed by atoms with van der Waals surface area (Å²) in [6.45, 7) is 1.51. The molecule has 1 fully saturated rings. The standard InChI is InChI=1S/C34H50N8O13/c1-3-17(2)27(34(54)55)41-31(51)23(16-44)40-29(49)20(12-18-8-5-4-6-9-18)37-30(50)21(13-25(36)45)38-32(52)24-10-7-11-42(24)33(53)22(14-26(46)47)39-28(48)19(35)15-43/h4-6,8-9,17,19-24,27,43-44H,3,7,10-16,35H2,1-2H3,(H2,36,45)(H,37,50)(H,38,52)(H,39,48)(H,40,49)(H,41,51)(H,46,47)(H,54,55)/t17-,19-,20-,21-,22-,23-,24-,27-/m0/s1. The normalized spacial score (nSPS) is 17.5. The van der Waals surface area contributed by atoms with Gasteiger partial charge in [-0.2, -0.15) is 0 Å². The van der Waals surface area contributed by atoms with Gasteiger partial charge in [0.25, 0.3) is 0 Å². The van der Waals surface area contributed by atoms with Gasteiger partial charge >= 0.3 is 11.9 Å². The van der Waals surface area contributed by atoms with Crippen LogP contribution in [0.1, 0.15) is 51.5 Å². The molecular weight excluding hydrogens is 728 g/mol. The van der Waals surface area contributed by atoms with Crippen LogP contribution in [0.4, 0.5) is 0 Å². The molecule has 1 aliphatic heterocycles. The Bertz CT molecular complexity index is 1560. The van der Waals surface area contributed by atoms with E-state index in [1.165, 1.54) is 0 Å². The van der Waals surface area contributed by atoms with Crippen molar-refractivity contribution in [2.75, 3.05) is 19.8 Å². The van der Waals surface area contributed by atoms with E-state index in [0.29, 0.717) is 12.0 Å². The summed E-state index contributed by atoms with van der Waals surface area (Å²) in [5, 5.41) is 49.6. The largest absolute Gasteiger partial charge is 0.481 e. The van der Waals surface area contributed by atoms with Crippen molar-refractivity contribution < 1.29 is 63.6 Å². The lowest BCUT2D eigenvalue weighted by molar-refractivity contribution is -0.146. The van der Waals surface area contributed by atoms with Crippen molar-refractivity contribution in [1.82, 2.24) is 31.5 Å². The summed E-state index contributed by atoms with van der Waals surface area (Å²) in [5.74, 6) is -10.4. The number of aliphatic hydroxyl groups excluding tert-OH is 2. The van der Waals surface area contributed by atoms with E-state index >= 15 is 0 Å². The molecule has 1 saturated heterocycles. The maximum atomic E-state index is 13.7. The summed E-state index contributed by atoms with van der Waals surface area (Å²) in [4.78, 5) is 116. The molecule has 8 atom stereocenters. The van der Waals surface area contributed by atoms with Crippen LogP contribution in [0.5, 0.6) is 0 Å². The Balaban J connectivity index is 2.32. The minimum atomic E-state index is -1.71. The minimum Gasteiger partial charge on any atom is -0.481 e. The quantitative estimate of drug-likeness (QED) is 0.0528. The van der Waals surface area contributed by atoms with Gasteiger partial charge in [0.05, 0.1) is 26.1 Å². The number of carboxylic acid groups (broad SMARTS) is 2. The smallest absolute Gasteiger partial charge is 0.326 e. The van der Waals surface area contributed by atoms with Gasteiger partial charge in [-0.1, -0.05) is 50.6 Å². The van der Waals surface area contributed by atoms with Gasteiger partial charge in [-0.15, -0.1) is 0 Å². The predicted octanol–water partition coefficient (Wildman–Crippen LogP) is -4.56. The average molecular weight is 779 g/mol. The molecule has 2 rings (SSSR count). The molecule has 0 bridgehead atoms. The Kier molecular flexibility index (Phi) is 18.1. The van der Waals surface area contributed by atoms with Crippen molar-refractivity contribution in [3.8, 4) is 0 Å². The van der Waals surface area contributed by atoms with Crippen molar-refractivity contribution in [2.24, 2.45) is 17.4 Å². The number of carboxylic acids is 2. The Labute approximate surface area is 315 Å². The molecular formula is C34H50N8O13. The van der Waals surface area contributed by atoms with Gasteiger partial charge in [-0.05, 0) is 24.3 Å². The molecule has 13 N–H and O–H groups in total. The maximum absolute atomic E-state index is 13.7. The zero-order chi connectivity index (χ0) is 41.4. The summed E-state index contributed by atoms with van der Waals surface area (Å²) in [5.41, 5.74) is 11.4. The monoisotopic (exact) mass is 778 g/mol. The van der Waals surface area contributed by atoms with E-state index in [1.54, 1.807) is 44.2 Å². The number of aliphatic hydroxyl groups is 2. The molecule has 7 amide bonds. The second-order valence-electron chi connectivity index (χ2n) is 13.1. The molecule has 0 spiro atoms. The van der Waals surface area contributed by atoms with Gasteiger partial charge in [-0.3, -0.25) is 38.4 Å². The van der Waals surface area contributed by atoms with Crippen molar-refractivity contribution in [1.29, 1.82) is 0 Å².